The third kappa shape index (κ3) is 5.07. The molecule has 0 aliphatic rings. The van der Waals surface area contributed by atoms with Crippen LogP contribution in [0.1, 0.15) is 42.1 Å². The maximum absolute atomic E-state index is 12.6. The first-order chi connectivity index (χ1) is 11.9. The van der Waals surface area contributed by atoms with Gasteiger partial charge in [0.15, 0.2) is 0 Å². The van der Waals surface area contributed by atoms with E-state index in [9.17, 15) is 9.59 Å². The van der Waals surface area contributed by atoms with Crippen molar-refractivity contribution in [1.82, 2.24) is 5.32 Å². The molecule has 5 heteroatoms. The van der Waals surface area contributed by atoms with Gasteiger partial charge < -0.3 is 10.6 Å². The van der Waals surface area contributed by atoms with Gasteiger partial charge in [-0.25, -0.2) is 0 Å². The molecular weight excluding hydrogens is 336 g/mol. The van der Waals surface area contributed by atoms with Gasteiger partial charge in [-0.2, -0.15) is 0 Å². The van der Waals surface area contributed by atoms with E-state index in [2.05, 4.69) is 24.5 Å². The Morgan fingerprint density at radius 1 is 1.04 bits per heavy atom. The van der Waals surface area contributed by atoms with Crippen molar-refractivity contribution >= 4 is 29.1 Å². The van der Waals surface area contributed by atoms with Crippen LogP contribution in [0.2, 0.25) is 5.02 Å². The summed E-state index contributed by atoms with van der Waals surface area (Å²) in [4.78, 5) is 24.5. The van der Waals surface area contributed by atoms with Crippen molar-refractivity contribution in [2.45, 2.75) is 26.2 Å². The summed E-state index contributed by atoms with van der Waals surface area (Å²) in [5, 5.41) is 6.12. The van der Waals surface area contributed by atoms with E-state index in [1.54, 1.807) is 31.3 Å². The lowest BCUT2D eigenvalue weighted by molar-refractivity contribution is -0.116. The molecule has 1 unspecified atom stereocenters. The third-order valence-electron chi connectivity index (χ3n) is 4.18. The molecule has 2 amide bonds. The molecule has 2 N–H and O–H groups in total. The number of hydrogen-bond donors (Lipinski definition) is 2. The van der Waals surface area contributed by atoms with E-state index in [4.69, 9.17) is 11.6 Å². The molecule has 132 valence electrons. The lowest BCUT2D eigenvalue weighted by Gasteiger charge is -2.21. The van der Waals surface area contributed by atoms with Crippen molar-refractivity contribution in [3.05, 3.63) is 64.7 Å². The monoisotopic (exact) mass is 358 g/mol. The number of nitrogens with one attached hydrogen (secondary N) is 2. The first-order valence-electron chi connectivity index (χ1n) is 8.28. The number of para-hydroxylation sites is 1. The summed E-state index contributed by atoms with van der Waals surface area (Å²) in [6.07, 6.45) is 0.335. The van der Waals surface area contributed by atoms with Gasteiger partial charge in [-0.05, 0) is 41.7 Å². The second kappa shape index (κ2) is 8.67. The Morgan fingerprint density at radius 2 is 1.68 bits per heavy atom. The maximum atomic E-state index is 12.6. The first kappa shape index (κ1) is 19.0. The van der Waals surface area contributed by atoms with E-state index in [1.165, 1.54) is 0 Å². The molecule has 2 rings (SSSR count). The topological polar surface area (TPSA) is 58.2 Å². The standard InChI is InChI=1S/C20H23ClN2O2/c1-13(2)17(14-8-10-15(21)11-9-14)12-19(24)23-18-7-5-4-6-16(18)20(25)22-3/h4-11,13,17H,12H2,1-3H3,(H,22,25)(H,23,24). The second-order valence-electron chi connectivity index (χ2n) is 6.28. The minimum atomic E-state index is -0.228. The molecule has 2 aromatic carbocycles. The zero-order valence-electron chi connectivity index (χ0n) is 14.7. The highest BCUT2D eigenvalue weighted by Gasteiger charge is 2.21. The van der Waals surface area contributed by atoms with Gasteiger partial charge in [0.1, 0.15) is 0 Å². The van der Waals surface area contributed by atoms with Gasteiger partial charge in [0, 0.05) is 18.5 Å². The van der Waals surface area contributed by atoms with Crippen LogP contribution in [0.4, 0.5) is 5.69 Å². The molecule has 0 bridgehead atoms. The molecular formula is C20H23ClN2O2. The second-order valence-corrected chi connectivity index (χ2v) is 6.72. The van der Waals surface area contributed by atoms with E-state index >= 15 is 0 Å². The minimum Gasteiger partial charge on any atom is -0.355 e. The van der Waals surface area contributed by atoms with Gasteiger partial charge in [0.25, 0.3) is 5.91 Å². The van der Waals surface area contributed by atoms with E-state index in [-0.39, 0.29) is 17.7 Å². The molecule has 0 aliphatic carbocycles. The quantitative estimate of drug-likeness (QED) is 0.800. The normalized spacial score (nSPS) is 11.9. The summed E-state index contributed by atoms with van der Waals surface area (Å²) in [5.74, 6) is 0.0181. The van der Waals surface area contributed by atoms with Crippen molar-refractivity contribution < 1.29 is 9.59 Å². The molecule has 25 heavy (non-hydrogen) atoms. The Morgan fingerprint density at radius 3 is 2.28 bits per heavy atom. The lowest BCUT2D eigenvalue weighted by atomic mass is 9.85. The molecule has 0 heterocycles. The number of halogens is 1. The Labute approximate surface area is 153 Å². The number of hydrogen-bond acceptors (Lipinski definition) is 2. The van der Waals surface area contributed by atoms with Crippen LogP contribution in [0.3, 0.4) is 0 Å². The van der Waals surface area contributed by atoms with E-state index in [0.29, 0.717) is 28.6 Å². The predicted molar refractivity (Wildman–Crippen MR) is 102 cm³/mol. The summed E-state index contributed by atoms with van der Waals surface area (Å²) in [5.41, 5.74) is 2.05. The number of carbonyl (C=O) groups is 2. The predicted octanol–water partition coefficient (Wildman–Crippen LogP) is 4.47. The third-order valence-corrected chi connectivity index (χ3v) is 4.43. The van der Waals surface area contributed by atoms with Crippen LogP contribution in [0.15, 0.2) is 48.5 Å². The Hall–Kier alpha value is -2.33. The molecule has 0 radical (unpaired) electrons. The molecule has 0 saturated heterocycles. The van der Waals surface area contributed by atoms with Crippen molar-refractivity contribution in [1.29, 1.82) is 0 Å². The van der Waals surface area contributed by atoms with Crippen LogP contribution in [0, 0.1) is 5.92 Å². The summed E-state index contributed by atoms with van der Waals surface area (Å²) in [6, 6.07) is 14.6. The van der Waals surface area contributed by atoms with Crippen molar-refractivity contribution in [3.8, 4) is 0 Å². The minimum absolute atomic E-state index is 0.0735. The van der Waals surface area contributed by atoms with Crippen LogP contribution >= 0.6 is 11.6 Å². The van der Waals surface area contributed by atoms with E-state index < -0.39 is 0 Å². The average molecular weight is 359 g/mol. The van der Waals surface area contributed by atoms with Crippen molar-refractivity contribution in [2.75, 3.05) is 12.4 Å². The highest BCUT2D eigenvalue weighted by atomic mass is 35.5. The number of benzene rings is 2. The average Bonchev–Trinajstić information content (AvgIpc) is 2.60. The Bertz CT molecular complexity index is 742. The summed E-state index contributed by atoms with van der Waals surface area (Å²) in [6.45, 7) is 4.18. The molecule has 0 fully saturated rings. The molecule has 0 aromatic heterocycles. The molecule has 0 spiro atoms. The van der Waals surface area contributed by atoms with Crippen LogP contribution < -0.4 is 10.6 Å². The maximum Gasteiger partial charge on any atom is 0.253 e. The molecule has 0 saturated carbocycles. The highest BCUT2D eigenvalue weighted by molar-refractivity contribution is 6.30. The van der Waals surface area contributed by atoms with Gasteiger partial charge in [-0.3, -0.25) is 9.59 Å². The SMILES string of the molecule is CNC(=O)c1ccccc1NC(=O)CC(c1ccc(Cl)cc1)C(C)C. The van der Waals surface area contributed by atoms with Crippen molar-refractivity contribution in [3.63, 3.8) is 0 Å². The molecule has 2 aromatic rings. The number of rotatable bonds is 6. The molecule has 4 nitrogen and oxygen atoms in total. The van der Waals surface area contributed by atoms with Crippen LogP contribution in [-0.2, 0) is 4.79 Å². The van der Waals surface area contributed by atoms with E-state index in [0.717, 1.165) is 5.56 Å². The summed E-state index contributed by atoms with van der Waals surface area (Å²) < 4.78 is 0. The van der Waals surface area contributed by atoms with Gasteiger partial charge >= 0.3 is 0 Å². The molecule has 0 aliphatic heterocycles. The summed E-state index contributed by atoms with van der Waals surface area (Å²) in [7, 11) is 1.57. The van der Waals surface area contributed by atoms with Crippen LogP contribution in [0.5, 0.6) is 0 Å². The lowest BCUT2D eigenvalue weighted by Crippen LogP contribution is -2.23. The Kier molecular flexibility index (Phi) is 6.59. The van der Waals surface area contributed by atoms with Gasteiger partial charge in [0.05, 0.1) is 11.3 Å². The van der Waals surface area contributed by atoms with E-state index in [1.807, 2.05) is 24.3 Å². The van der Waals surface area contributed by atoms with Gasteiger partial charge in [0.2, 0.25) is 5.91 Å². The van der Waals surface area contributed by atoms with Crippen LogP contribution in [0.25, 0.3) is 0 Å². The van der Waals surface area contributed by atoms with Gasteiger partial charge in [-0.1, -0.05) is 49.7 Å². The smallest absolute Gasteiger partial charge is 0.253 e. The van der Waals surface area contributed by atoms with Gasteiger partial charge in [-0.15, -0.1) is 0 Å². The number of amides is 2. The zero-order valence-corrected chi connectivity index (χ0v) is 15.4. The van der Waals surface area contributed by atoms with Crippen LogP contribution in [-0.4, -0.2) is 18.9 Å². The fraction of sp³-hybridized carbons (Fsp3) is 0.300. The fourth-order valence-electron chi connectivity index (χ4n) is 2.77. The number of carbonyl (C=O) groups excluding carboxylic acids is 2. The highest BCUT2D eigenvalue weighted by Crippen LogP contribution is 2.29. The molecule has 1 atom stereocenters. The summed E-state index contributed by atoms with van der Waals surface area (Å²) >= 11 is 5.95. The largest absolute Gasteiger partial charge is 0.355 e. The number of anilines is 1. The first-order valence-corrected chi connectivity index (χ1v) is 8.66. The van der Waals surface area contributed by atoms with Crippen molar-refractivity contribution in [2.24, 2.45) is 5.92 Å². The zero-order chi connectivity index (χ0) is 18.4. The fourth-order valence-corrected chi connectivity index (χ4v) is 2.90. The Balaban J connectivity index is 2.15.